The Bertz CT molecular complexity index is 1100. The minimum Gasteiger partial charge on any atom is -0.483 e. The molecule has 2 amide bonds. The predicted molar refractivity (Wildman–Crippen MR) is 118 cm³/mol. The van der Waals surface area contributed by atoms with Crippen molar-refractivity contribution < 1.29 is 18.7 Å². The molecule has 0 saturated heterocycles. The molecule has 158 valence electrons. The zero-order valence-corrected chi connectivity index (χ0v) is 17.3. The lowest BCUT2D eigenvalue weighted by atomic mass is 10.1. The van der Waals surface area contributed by atoms with Crippen molar-refractivity contribution in [3.63, 3.8) is 0 Å². The van der Waals surface area contributed by atoms with Crippen LogP contribution in [-0.4, -0.2) is 24.6 Å². The molecular weight excluding hydrogens is 421 g/mol. The van der Waals surface area contributed by atoms with Crippen LogP contribution in [0.1, 0.15) is 21.5 Å². The van der Waals surface area contributed by atoms with Crippen LogP contribution in [0.15, 0.2) is 71.8 Å². The number of nitrogens with zero attached hydrogens (tertiary/aromatic N) is 1. The van der Waals surface area contributed by atoms with Gasteiger partial charge in [-0.15, -0.1) is 0 Å². The van der Waals surface area contributed by atoms with Gasteiger partial charge in [-0.05, 0) is 61.5 Å². The van der Waals surface area contributed by atoms with Gasteiger partial charge in [0, 0.05) is 21.8 Å². The Morgan fingerprint density at radius 2 is 1.77 bits per heavy atom. The molecule has 0 aliphatic carbocycles. The predicted octanol–water partition coefficient (Wildman–Crippen LogP) is 4.57. The van der Waals surface area contributed by atoms with E-state index in [2.05, 4.69) is 15.8 Å². The van der Waals surface area contributed by atoms with Gasteiger partial charge in [-0.25, -0.2) is 9.82 Å². The number of ether oxygens (including phenoxy) is 1. The molecule has 0 aliphatic rings. The second-order valence-corrected chi connectivity index (χ2v) is 7.03. The van der Waals surface area contributed by atoms with Crippen LogP contribution < -0.4 is 15.5 Å². The highest BCUT2D eigenvalue weighted by Gasteiger charge is 2.08. The molecule has 0 spiro atoms. The smallest absolute Gasteiger partial charge is 0.271 e. The number of rotatable bonds is 7. The number of anilines is 1. The second-order valence-electron chi connectivity index (χ2n) is 6.59. The van der Waals surface area contributed by atoms with Crippen molar-refractivity contribution >= 4 is 35.3 Å². The number of nitrogens with one attached hydrogen (secondary N) is 2. The highest BCUT2D eigenvalue weighted by atomic mass is 35.5. The molecule has 0 unspecified atom stereocenters. The van der Waals surface area contributed by atoms with E-state index in [0.717, 1.165) is 5.56 Å². The van der Waals surface area contributed by atoms with Crippen molar-refractivity contribution in [2.24, 2.45) is 5.10 Å². The second kappa shape index (κ2) is 10.4. The standard InChI is InChI=1S/C23H19ClFN3O3/c1-15-2-4-16(5-3-15)23(30)28-26-13-17-12-18(24)6-11-21(17)31-14-22(29)27-20-9-7-19(25)8-10-20/h2-13H,14H2,1H3,(H,27,29)(H,28,30). The Balaban J connectivity index is 1.61. The molecule has 6 nitrogen and oxygen atoms in total. The van der Waals surface area contributed by atoms with E-state index in [1.807, 2.05) is 19.1 Å². The fourth-order valence-corrected chi connectivity index (χ4v) is 2.74. The summed E-state index contributed by atoms with van der Waals surface area (Å²) in [6.45, 7) is 1.65. The van der Waals surface area contributed by atoms with Gasteiger partial charge in [-0.3, -0.25) is 9.59 Å². The van der Waals surface area contributed by atoms with Crippen LogP contribution in [0.4, 0.5) is 10.1 Å². The van der Waals surface area contributed by atoms with Crippen LogP contribution in [0.5, 0.6) is 5.75 Å². The number of benzene rings is 3. The van der Waals surface area contributed by atoms with Gasteiger partial charge >= 0.3 is 0 Å². The van der Waals surface area contributed by atoms with Gasteiger partial charge in [0.05, 0.1) is 6.21 Å². The van der Waals surface area contributed by atoms with E-state index in [1.54, 1.807) is 30.3 Å². The molecule has 3 rings (SSSR count). The minimum atomic E-state index is -0.419. The summed E-state index contributed by atoms with van der Waals surface area (Å²) in [5.74, 6) is -0.822. The molecule has 0 aliphatic heterocycles. The Morgan fingerprint density at radius 3 is 2.48 bits per heavy atom. The first-order valence-corrected chi connectivity index (χ1v) is 9.66. The van der Waals surface area contributed by atoms with Crippen LogP contribution in [-0.2, 0) is 4.79 Å². The zero-order valence-electron chi connectivity index (χ0n) is 16.6. The minimum absolute atomic E-state index is 0.282. The Labute approximate surface area is 183 Å². The third-order valence-corrected chi connectivity index (χ3v) is 4.38. The molecule has 0 saturated carbocycles. The molecule has 3 aromatic carbocycles. The molecular formula is C23H19ClFN3O3. The summed E-state index contributed by atoms with van der Waals surface area (Å²) >= 11 is 6.04. The van der Waals surface area contributed by atoms with Gasteiger partial charge in [0.2, 0.25) is 0 Å². The van der Waals surface area contributed by atoms with Crippen molar-refractivity contribution in [1.29, 1.82) is 0 Å². The summed E-state index contributed by atoms with van der Waals surface area (Å²) in [4.78, 5) is 24.2. The monoisotopic (exact) mass is 439 g/mol. The Kier molecular flexibility index (Phi) is 7.35. The zero-order chi connectivity index (χ0) is 22.2. The molecule has 0 aromatic heterocycles. The Hall–Kier alpha value is -3.71. The van der Waals surface area contributed by atoms with Gasteiger partial charge in [0.25, 0.3) is 11.8 Å². The normalized spacial score (nSPS) is 10.7. The number of hydrogen-bond acceptors (Lipinski definition) is 4. The number of amides is 2. The first kappa shape index (κ1) is 22.0. The van der Waals surface area contributed by atoms with Crippen molar-refractivity contribution in [1.82, 2.24) is 5.43 Å². The number of hydrogen-bond donors (Lipinski definition) is 2. The number of carbonyl (C=O) groups excluding carboxylic acids is 2. The van der Waals surface area contributed by atoms with Gasteiger partial charge in [0.1, 0.15) is 11.6 Å². The fraction of sp³-hybridized carbons (Fsp3) is 0.0870. The lowest BCUT2D eigenvalue weighted by molar-refractivity contribution is -0.118. The van der Waals surface area contributed by atoms with E-state index in [-0.39, 0.29) is 12.5 Å². The summed E-state index contributed by atoms with van der Waals surface area (Å²) in [6.07, 6.45) is 1.38. The number of aryl methyl sites for hydroxylation is 1. The van der Waals surface area contributed by atoms with Crippen molar-refractivity contribution in [2.75, 3.05) is 11.9 Å². The van der Waals surface area contributed by atoms with E-state index in [1.165, 1.54) is 30.5 Å². The number of halogens is 2. The molecule has 0 radical (unpaired) electrons. The maximum Gasteiger partial charge on any atom is 0.271 e. The molecule has 0 atom stereocenters. The topological polar surface area (TPSA) is 79.8 Å². The van der Waals surface area contributed by atoms with Crippen LogP contribution in [0.25, 0.3) is 0 Å². The van der Waals surface area contributed by atoms with Crippen LogP contribution in [0, 0.1) is 12.7 Å². The van der Waals surface area contributed by atoms with Crippen LogP contribution in [0.2, 0.25) is 5.02 Å². The molecule has 8 heteroatoms. The maximum absolute atomic E-state index is 12.9. The van der Waals surface area contributed by atoms with E-state index < -0.39 is 11.7 Å². The molecule has 0 fully saturated rings. The van der Waals surface area contributed by atoms with Gasteiger partial charge in [0.15, 0.2) is 6.61 Å². The lowest BCUT2D eigenvalue weighted by Gasteiger charge is -2.10. The molecule has 2 N–H and O–H groups in total. The fourth-order valence-electron chi connectivity index (χ4n) is 2.56. The van der Waals surface area contributed by atoms with Crippen molar-refractivity contribution in [2.45, 2.75) is 6.92 Å². The van der Waals surface area contributed by atoms with Crippen molar-refractivity contribution in [3.8, 4) is 5.75 Å². The highest BCUT2D eigenvalue weighted by Crippen LogP contribution is 2.21. The van der Waals surface area contributed by atoms with E-state index in [9.17, 15) is 14.0 Å². The van der Waals surface area contributed by atoms with Crippen LogP contribution in [0.3, 0.4) is 0 Å². The van der Waals surface area contributed by atoms with Gasteiger partial charge < -0.3 is 10.1 Å². The summed E-state index contributed by atoms with van der Waals surface area (Å²) in [6, 6.07) is 17.3. The molecule has 31 heavy (non-hydrogen) atoms. The average Bonchev–Trinajstić information content (AvgIpc) is 2.75. The first-order chi connectivity index (χ1) is 14.9. The quantitative estimate of drug-likeness (QED) is 0.418. The third kappa shape index (κ3) is 6.65. The van der Waals surface area contributed by atoms with Gasteiger partial charge in [-0.2, -0.15) is 5.10 Å². The van der Waals surface area contributed by atoms with E-state index in [4.69, 9.17) is 16.3 Å². The number of carbonyl (C=O) groups is 2. The summed E-state index contributed by atoms with van der Waals surface area (Å²) in [7, 11) is 0. The summed E-state index contributed by atoms with van der Waals surface area (Å²) in [5, 5.41) is 6.99. The maximum atomic E-state index is 12.9. The largest absolute Gasteiger partial charge is 0.483 e. The molecule has 3 aromatic rings. The SMILES string of the molecule is Cc1ccc(C(=O)NN=Cc2cc(Cl)ccc2OCC(=O)Nc2ccc(F)cc2)cc1. The van der Waals surface area contributed by atoms with E-state index >= 15 is 0 Å². The third-order valence-electron chi connectivity index (χ3n) is 4.14. The Morgan fingerprint density at radius 1 is 1.06 bits per heavy atom. The summed E-state index contributed by atoms with van der Waals surface area (Å²) < 4.78 is 18.5. The first-order valence-electron chi connectivity index (χ1n) is 9.28. The van der Waals surface area contributed by atoms with Crippen molar-refractivity contribution in [3.05, 3.63) is 94.3 Å². The molecule has 0 heterocycles. The van der Waals surface area contributed by atoms with Crippen LogP contribution >= 0.6 is 11.6 Å². The summed E-state index contributed by atoms with van der Waals surface area (Å²) in [5.41, 5.74) is 4.89. The molecule has 0 bridgehead atoms. The van der Waals surface area contributed by atoms with E-state index in [0.29, 0.717) is 27.6 Å². The lowest BCUT2D eigenvalue weighted by Crippen LogP contribution is -2.20. The average molecular weight is 440 g/mol. The number of hydrazone groups is 1. The van der Waals surface area contributed by atoms with Gasteiger partial charge in [-0.1, -0.05) is 29.3 Å². The highest BCUT2D eigenvalue weighted by molar-refractivity contribution is 6.30.